The zero-order chi connectivity index (χ0) is 21.9. The third-order valence-corrected chi connectivity index (χ3v) is 6.41. The van der Waals surface area contributed by atoms with E-state index in [0.717, 1.165) is 25.1 Å². The Morgan fingerprint density at radius 3 is 1.39 bits per heavy atom. The van der Waals surface area contributed by atoms with Gasteiger partial charge in [0, 0.05) is 19.6 Å². The molecule has 0 unspecified atom stereocenters. The molecule has 4 rings (SSSR count). The average Bonchev–Trinajstić information content (AvgIpc) is 2.97. The van der Waals surface area contributed by atoms with Gasteiger partial charge in [-0.25, -0.2) is 0 Å². The van der Waals surface area contributed by atoms with Crippen LogP contribution in [0.1, 0.15) is 44.4 Å². The molecule has 0 saturated carbocycles. The molecule has 1 aliphatic rings. The summed E-state index contributed by atoms with van der Waals surface area (Å²) in [4.78, 5) is 2.48. The number of hydrogen-bond donors (Lipinski definition) is 0. The Kier molecular flexibility index (Phi) is 6.33. The lowest BCUT2D eigenvalue weighted by Crippen LogP contribution is -2.41. The smallest absolute Gasteiger partial charge is 0.399 e. The Morgan fingerprint density at radius 1 is 0.581 bits per heavy atom. The summed E-state index contributed by atoms with van der Waals surface area (Å²) in [5.74, 6) is 0. The van der Waals surface area contributed by atoms with E-state index in [1.165, 1.54) is 16.7 Å². The van der Waals surface area contributed by atoms with Crippen LogP contribution in [0.3, 0.4) is 0 Å². The predicted octanol–water partition coefficient (Wildman–Crippen LogP) is 5.19. The minimum Gasteiger partial charge on any atom is -0.399 e. The standard InChI is InChI=1S/C27H32BNO2/c1-26(2)27(3,4)31-28(30-26)25-17-15-24(16-18-25)21-29(19-22-11-7-5-8-12-22)20-23-13-9-6-10-14-23/h5-18H,19-21H2,1-4H3. The van der Waals surface area contributed by atoms with Crippen LogP contribution in [0.2, 0.25) is 0 Å². The molecule has 0 amide bonds. The van der Waals surface area contributed by atoms with Crippen LogP contribution >= 0.6 is 0 Å². The molecule has 1 saturated heterocycles. The fourth-order valence-corrected chi connectivity index (χ4v) is 3.87. The molecule has 1 fully saturated rings. The minimum absolute atomic E-state index is 0.316. The van der Waals surface area contributed by atoms with Crippen molar-refractivity contribution in [1.82, 2.24) is 4.90 Å². The van der Waals surface area contributed by atoms with Crippen molar-refractivity contribution < 1.29 is 9.31 Å². The minimum atomic E-state index is -0.321. The van der Waals surface area contributed by atoms with Gasteiger partial charge >= 0.3 is 7.12 Å². The average molecular weight is 413 g/mol. The second-order valence-electron chi connectivity index (χ2n) is 9.45. The molecule has 0 spiro atoms. The zero-order valence-corrected chi connectivity index (χ0v) is 19.0. The van der Waals surface area contributed by atoms with Crippen molar-refractivity contribution in [1.29, 1.82) is 0 Å². The first-order chi connectivity index (χ1) is 14.8. The van der Waals surface area contributed by atoms with E-state index in [4.69, 9.17) is 9.31 Å². The molecule has 1 heterocycles. The molecule has 0 aliphatic carbocycles. The first-order valence-corrected chi connectivity index (χ1v) is 11.1. The van der Waals surface area contributed by atoms with Crippen LogP contribution in [0.15, 0.2) is 84.9 Å². The molecular formula is C27H32BNO2. The molecule has 160 valence electrons. The van der Waals surface area contributed by atoms with Crippen LogP contribution < -0.4 is 5.46 Å². The van der Waals surface area contributed by atoms with E-state index < -0.39 is 0 Å². The molecule has 3 aromatic rings. The predicted molar refractivity (Wildman–Crippen MR) is 128 cm³/mol. The Bertz CT molecular complexity index is 914. The first kappa shape index (κ1) is 21.8. The third kappa shape index (κ3) is 5.27. The van der Waals surface area contributed by atoms with E-state index >= 15 is 0 Å². The highest BCUT2D eigenvalue weighted by molar-refractivity contribution is 6.62. The van der Waals surface area contributed by atoms with Gasteiger partial charge in [0.15, 0.2) is 0 Å². The molecular weight excluding hydrogens is 381 g/mol. The molecule has 0 atom stereocenters. The number of benzene rings is 3. The largest absolute Gasteiger partial charge is 0.494 e. The van der Waals surface area contributed by atoms with Crippen molar-refractivity contribution in [3.63, 3.8) is 0 Å². The quantitative estimate of drug-likeness (QED) is 0.498. The SMILES string of the molecule is CC1(C)OB(c2ccc(CN(Cc3ccccc3)Cc3ccccc3)cc2)OC1(C)C. The van der Waals surface area contributed by atoms with E-state index in [9.17, 15) is 0 Å². The fraction of sp³-hybridized carbons (Fsp3) is 0.333. The van der Waals surface area contributed by atoms with Gasteiger partial charge in [-0.15, -0.1) is 0 Å². The Hall–Kier alpha value is -2.40. The monoisotopic (exact) mass is 413 g/mol. The fourth-order valence-electron chi connectivity index (χ4n) is 3.87. The van der Waals surface area contributed by atoms with Crippen molar-refractivity contribution in [3.05, 3.63) is 102 Å². The second-order valence-corrected chi connectivity index (χ2v) is 9.45. The highest BCUT2D eigenvalue weighted by Crippen LogP contribution is 2.36. The van der Waals surface area contributed by atoms with Crippen LogP contribution in [0.4, 0.5) is 0 Å². The van der Waals surface area contributed by atoms with Gasteiger partial charge in [-0.1, -0.05) is 84.9 Å². The van der Waals surface area contributed by atoms with Gasteiger partial charge in [-0.3, -0.25) is 4.90 Å². The topological polar surface area (TPSA) is 21.7 Å². The number of hydrogen-bond acceptors (Lipinski definition) is 3. The summed E-state index contributed by atoms with van der Waals surface area (Å²) in [7, 11) is -0.316. The molecule has 4 heteroatoms. The maximum absolute atomic E-state index is 6.20. The summed E-state index contributed by atoms with van der Waals surface area (Å²) in [6.07, 6.45) is 0. The van der Waals surface area contributed by atoms with Crippen LogP contribution in [0.5, 0.6) is 0 Å². The van der Waals surface area contributed by atoms with Gasteiger partial charge in [0.25, 0.3) is 0 Å². The summed E-state index contributed by atoms with van der Waals surface area (Å²) in [5.41, 5.74) is 4.36. The lowest BCUT2D eigenvalue weighted by atomic mass is 9.79. The molecule has 0 radical (unpaired) electrons. The number of nitrogens with zero attached hydrogens (tertiary/aromatic N) is 1. The van der Waals surface area contributed by atoms with E-state index in [1.807, 2.05) is 0 Å². The summed E-state index contributed by atoms with van der Waals surface area (Å²) >= 11 is 0. The Morgan fingerprint density at radius 2 is 0.968 bits per heavy atom. The van der Waals surface area contributed by atoms with Gasteiger partial charge in [-0.2, -0.15) is 0 Å². The molecule has 3 aromatic carbocycles. The molecule has 0 bridgehead atoms. The van der Waals surface area contributed by atoms with Gasteiger partial charge in [0.2, 0.25) is 0 Å². The van der Waals surface area contributed by atoms with Crippen LogP contribution in [-0.2, 0) is 28.9 Å². The van der Waals surface area contributed by atoms with Crippen LogP contribution in [-0.4, -0.2) is 23.2 Å². The van der Waals surface area contributed by atoms with Crippen molar-refractivity contribution in [2.45, 2.75) is 58.5 Å². The molecule has 31 heavy (non-hydrogen) atoms. The van der Waals surface area contributed by atoms with Gasteiger partial charge in [0.1, 0.15) is 0 Å². The van der Waals surface area contributed by atoms with Gasteiger partial charge in [0.05, 0.1) is 11.2 Å². The molecule has 1 aliphatic heterocycles. The van der Waals surface area contributed by atoms with Crippen molar-refractivity contribution >= 4 is 12.6 Å². The van der Waals surface area contributed by atoms with E-state index in [0.29, 0.717) is 0 Å². The highest BCUT2D eigenvalue weighted by Gasteiger charge is 2.51. The summed E-state index contributed by atoms with van der Waals surface area (Å²) < 4.78 is 12.4. The van der Waals surface area contributed by atoms with Crippen LogP contribution in [0, 0.1) is 0 Å². The van der Waals surface area contributed by atoms with Crippen molar-refractivity contribution in [2.75, 3.05) is 0 Å². The Labute approximate surface area is 187 Å². The summed E-state index contributed by atoms with van der Waals surface area (Å²) in [5, 5.41) is 0. The zero-order valence-electron chi connectivity index (χ0n) is 19.0. The van der Waals surface area contributed by atoms with E-state index in [1.54, 1.807) is 0 Å². The second kappa shape index (κ2) is 9.00. The lowest BCUT2D eigenvalue weighted by Gasteiger charge is -2.32. The molecule has 3 nitrogen and oxygen atoms in total. The third-order valence-electron chi connectivity index (χ3n) is 6.41. The maximum atomic E-state index is 6.20. The Balaban J connectivity index is 1.47. The van der Waals surface area contributed by atoms with Gasteiger partial charge < -0.3 is 9.31 Å². The van der Waals surface area contributed by atoms with Crippen LogP contribution in [0.25, 0.3) is 0 Å². The highest BCUT2D eigenvalue weighted by atomic mass is 16.7. The maximum Gasteiger partial charge on any atom is 0.494 e. The van der Waals surface area contributed by atoms with Crippen molar-refractivity contribution in [3.8, 4) is 0 Å². The summed E-state index contributed by atoms with van der Waals surface area (Å²) in [6.45, 7) is 11.1. The van der Waals surface area contributed by atoms with E-state index in [2.05, 4.69) is 118 Å². The van der Waals surface area contributed by atoms with Crippen molar-refractivity contribution in [2.24, 2.45) is 0 Å². The first-order valence-electron chi connectivity index (χ1n) is 11.1. The molecule has 0 aromatic heterocycles. The lowest BCUT2D eigenvalue weighted by molar-refractivity contribution is 0.00578. The molecule has 0 N–H and O–H groups in total. The normalized spacial score (nSPS) is 17.3. The van der Waals surface area contributed by atoms with E-state index in [-0.39, 0.29) is 18.3 Å². The van der Waals surface area contributed by atoms with Gasteiger partial charge in [-0.05, 0) is 49.8 Å². The summed E-state index contributed by atoms with van der Waals surface area (Å²) in [6, 6.07) is 30.0. The number of rotatable bonds is 7.